The first kappa shape index (κ1) is 11.0. The van der Waals surface area contributed by atoms with E-state index in [4.69, 9.17) is 0 Å². The van der Waals surface area contributed by atoms with Gasteiger partial charge in [-0.1, -0.05) is 40.5 Å². The number of hydrogen-bond donors (Lipinski definition) is 1. The highest BCUT2D eigenvalue weighted by Crippen LogP contribution is 2.21. The zero-order valence-corrected chi connectivity index (χ0v) is 8.48. The lowest BCUT2D eigenvalue weighted by Gasteiger charge is -2.12. The van der Waals surface area contributed by atoms with Gasteiger partial charge < -0.3 is 5.32 Å². The molecule has 68 valence electrons. The molecule has 1 heterocycles. The van der Waals surface area contributed by atoms with Gasteiger partial charge in [-0.15, -0.1) is 0 Å². The van der Waals surface area contributed by atoms with E-state index in [0.717, 1.165) is 11.8 Å². The van der Waals surface area contributed by atoms with Crippen LogP contribution in [0, 0.1) is 11.8 Å². The number of nitrogens with one attached hydrogen (secondary N) is 1. The predicted octanol–water partition coefficient (Wildman–Crippen LogP) is 2.67. The van der Waals surface area contributed by atoms with Crippen molar-refractivity contribution in [3.63, 3.8) is 0 Å². The Bertz CT molecular complexity index is 70.9. The number of hydrogen-bond acceptors (Lipinski definition) is 1. The molecular formula is C10H23N. The summed E-state index contributed by atoms with van der Waals surface area (Å²) in [5.74, 6) is 1.94. The van der Waals surface area contributed by atoms with Gasteiger partial charge in [-0.25, -0.2) is 0 Å². The molecule has 1 rings (SSSR count). The summed E-state index contributed by atoms with van der Waals surface area (Å²) in [5, 5.41) is 3.42. The minimum absolute atomic E-state index is 0.968. The first-order chi connectivity index (χ1) is 5.38. The van der Waals surface area contributed by atoms with Gasteiger partial charge in [0.2, 0.25) is 0 Å². The van der Waals surface area contributed by atoms with Crippen molar-refractivity contribution in [2.24, 2.45) is 11.8 Å². The third kappa shape index (κ3) is 3.24. The summed E-state index contributed by atoms with van der Waals surface area (Å²) < 4.78 is 0. The Morgan fingerprint density at radius 2 is 1.36 bits per heavy atom. The van der Waals surface area contributed by atoms with Gasteiger partial charge in [0.25, 0.3) is 0 Å². The molecule has 0 saturated carbocycles. The smallest absolute Gasteiger partial charge is 0.00174 e. The fraction of sp³-hybridized carbons (Fsp3) is 1.00. The lowest BCUT2D eigenvalue weighted by molar-refractivity contribution is 0.397. The summed E-state index contributed by atoms with van der Waals surface area (Å²) >= 11 is 0. The molecule has 1 N–H and O–H groups in total. The van der Waals surface area contributed by atoms with E-state index >= 15 is 0 Å². The quantitative estimate of drug-likeness (QED) is 0.650. The van der Waals surface area contributed by atoms with Gasteiger partial charge in [0.15, 0.2) is 0 Å². The number of rotatable bonds is 2. The summed E-state index contributed by atoms with van der Waals surface area (Å²) in [6.45, 7) is 11.1. The van der Waals surface area contributed by atoms with Gasteiger partial charge in [-0.3, -0.25) is 0 Å². The van der Waals surface area contributed by atoms with Crippen molar-refractivity contribution < 1.29 is 0 Å². The van der Waals surface area contributed by atoms with Crippen LogP contribution >= 0.6 is 0 Å². The first-order valence-electron chi connectivity index (χ1n) is 5.09. The molecule has 1 nitrogen and oxygen atoms in total. The normalized spacial score (nSPS) is 29.5. The van der Waals surface area contributed by atoms with Crippen LogP contribution in [0.1, 0.15) is 40.5 Å². The van der Waals surface area contributed by atoms with E-state index in [2.05, 4.69) is 19.2 Å². The fourth-order valence-electron chi connectivity index (χ4n) is 1.74. The highest BCUT2D eigenvalue weighted by atomic mass is 14.9. The van der Waals surface area contributed by atoms with E-state index in [-0.39, 0.29) is 0 Å². The molecule has 1 heteroatoms. The highest BCUT2D eigenvalue weighted by Gasteiger charge is 2.22. The second kappa shape index (κ2) is 6.66. The lowest BCUT2D eigenvalue weighted by atomic mass is 9.92. The largest absolute Gasteiger partial charge is 0.316 e. The van der Waals surface area contributed by atoms with E-state index in [1.165, 1.54) is 25.9 Å². The maximum absolute atomic E-state index is 3.42. The van der Waals surface area contributed by atoms with Crippen LogP contribution in [0.2, 0.25) is 0 Å². The molecule has 2 unspecified atom stereocenters. The topological polar surface area (TPSA) is 12.0 Å². The Labute approximate surface area is 71.6 Å². The van der Waals surface area contributed by atoms with Gasteiger partial charge in [-0.05, 0) is 24.9 Å². The Kier molecular flexibility index (Phi) is 6.63. The molecular weight excluding hydrogens is 134 g/mol. The van der Waals surface area contributed by atoms with Crippen molar-refractivity contribution in [2.75, 3.05) is 13.1 Å². The van der Waals surface area contributed by atoms with Gasteiger partial charge in [0.1, 0.15) is 0 Å². The summed E-state index contributed by atoms with van der Waals surface area (Å²) in [4.78, 5) is 0. The maximum Gasteiger partial charge on any atom is -0.00174 e. The zero-order chi connectivity index (χ0) is 8.69. The van der Waals surface area contributed by atoms with Crippen LogP contribution in [0.25, 0.3) is 0 Å². The fourth-order valence-corrected chi connectivity index (χ4v) is 1.74. The Hall–Kier alpha value is -0.0400. The summed E-state index contributed by atoms with van der Waals surface area (Å²) in [7, 11) is 0. The van der Waals surface area contributed by atoms with E-state index in [1.54, 1.807) is 0 Å². The van der Waals surface area contributed by atoms with Crippen LogP contribution in [0.4, 0.5) is 0 Å². The molecule has 0 bridgehead atoms. The Balaban J connectivity index is 0.000000461. The maximum atomic E-state index is 3.42. The molecule has 0 spiro atoms. The van der Waals surface area contributed by atoms with E-state index in [1.807, 2.05) is 13.8 Å². The SMILES string of the molecule is CC.CCC1CNCC1CC. The molecule has 0 aliphatic carbocycles. The molecule has 2 atom stereocenters. The minimum atomic E-state index is 0.968. The summed E-state index contributed by atoms with van der Waals surface area (Å²) in [5.41, 5.74) is 0. The van der Waals surface area contributed by atoms with Gasteiger partial charge in [0.05, 0.1) is 0 Å². The Morgan fingerprint density at radius 3 is 1.64 bits per heavy atom. The van der Waals surface area contributed by atoms with Crippen LogP contribution in [0.5, 0.6) is 0 Å². The molecule has 0 radical (unpaired) electrons. The molecule has 0 aromatic heterocycles. The molecule has 0 amide bonds. The molecule has 1 aliphatic heterocycles. The monoisotopic (exact) mass is 157 g/mol. The highest BCUT2D eigenvalue weighted by molar-refractivity contribution is 4.78. The average molecular weight is 157 g/mol. The summed E-state index contributed by atoms with van der Waals surface area (Å²) in [6.07, 6.45) is 2.71. The minimum Gasteiger partial charge on any atom is -0.316 e. The van der Waals surface area contributed by atoms with E-state index < -0.39 is 0 Å². The van der Waals surface area contributed by atoms with Crippen LogP contribution in [-0.4, -0.2) is 13.1 Å². The van der Waals surface area contributed by atoms with Crippen LogP contribution in [-0.2, 0) is 0 Å². The molecule has 11 heavy (non-hydrogen) atoms. The molecule has 0 aromatic carbocycles. The van der Waals surface area contributed by atoms with Crippen molar-refractivity contribution in [3.8, 4) is 0 Å². The third-order valence-corrected chi connectivity index (χ3v) is 2.53. The first-order valence-corrected chi connectivity index (χ1v) is 5.09. The van der Waals surface area contributed by atoms with Crippen LogP contribution < -0.4 is 5.32 Å². The predicted molar refractivity (Wildman–Crippen MR) is 51.8 cm³/mol. The van der Waals surface area contributed by atoms with E-state index in [0.29, 0.717) is 0 Å². The van der Waals surface area contributed by atoms with Crippen molar-refractivity contribution in [2.45, 2.75) is 40.5 Å². The van der Waals surface area contributed by atoms with Gasteiger partial charge in [0, 0.05) is 0 Å². The molecule has 0 aromatic rings. The third-order valence-electron chi connectivity index (χ3n) is 2.53. The molecule has 1 aliphatic rings. The average Bonchev–Trinajstić information content (AvgIpc) is 2.54. The van der Waals surface area contributed by atoms with Crippen LogP contribution in [0.3, 0.4) is 0 Å². The zero-order valence-electron chi connectivity index (χ0n) is 8.48. The van der Waals surface area contributed by atoms with Gasteiger partial charge in [-0.2, -0.15) is 0 Å². The van der Waals surface area contributed by atoms with Gasteiger partial charge >= 0.3 is 0 Å². The second-order valence-corrected chi connectivity index (χ2v) is 2.99. The van der Waals surface area contributed by atoms with Crippen LogP contribution in [0.15, 0.2) is 0 Å². The Morgan fingerprint density at radius 1 is 1.00 bits per heavy atom. The second-order valence-electron chi connectivity index (χ2n) is 2.99. The lowest BCUT2D eigenvalue weighted by Crippen LogP contribution is -2.09. The van der Waals surface area contributed by atoms with E-state index in [9.17, 15) is 0 Å². The van der Waals surface area contributed by atoms with Crippen molar-refractivity contribution in [1.82, 2.24) is 5.32 Å². The molecule has 1 saturated heterocycles. The summed E-state index contributed by atoms with van der Waals surface area (Å²) in [6, 6.07) is 0. The van der Waals surface area contributed by atoms with Crippen molar-refractivity contribution in [3.05, 3.63) is 0 Å². The molecule has 1 fully saturated rings. The standard InChI is InChI=1S/C8H17N.C2H6/c1-3-7-5-9-6-8(7)4-2;1-2/h7-9H,3-6H2,1-2H3;1-2H3. The van der Waals surface area contributed by atoms with Crippen molar-refractivity contribution in [1.29, 1.82) is 0 Å². The van der Waals surface area contributed by atoms with Crippen molar-refractivity contribution >= 4 is 0 Å².